The summed E-state index contributed by atoms with van der Waals surface area (Å²) < 4.78 is 7.45. The van der Waals surface area contributed by atoms with E-state index in [4.69, 9.17) is 4.74 Å². The van der Waals surface area contributed by atoms with Gasteiger partial charge in [0.2, 0.25) is 0 Å². The molecule has 6 nitrogen and oxygen atoms in total. The first-order valence-electron chi connectivity index (χ1n) is 7.95. The van der Waals surface area contributed by atoms with Crippen molar-refractivity contribution >= 4 is 40.0 Å². The summed E-state index contributed by atoms with van der Waals surface area (Å²) in [6.45, 7) is 0.619. The predicted molar refractivity (Wildman–Crippen MR) is 101 cm³/mol. The van der Waals surface area contributed by atoms with Crippen molar-refractivity contribution in [3.05, 3.63) is 64.8 Å². The summed E-state index contributed by atoms with van der Waals surface area (Å²) in [6.07, 6.45) is 3.50. The number of hydrogen-bond acceptors (Lipinski definition) is 5. The summed E-state index contributed by atoms with van der Waals surface area (Å²) in [6, 6.07) is 13.6. The molecule has 1 fully saturated rings. The van der Waals surface area contributed by atoms with Crippen molar-refractivity contribution < 1.29 is 14.3 Å². The van der Waals surface area contributed by atoms with Crippen molar-refractivity contribution in [1.29, 1.82) is 0 Å². The molecular formula is C19H15N3O3S. The van der Waals surface area contributed by atoms with E-state index in [0.717, 1.165) is 39.7 Å². The predicted octanol–water partition coefficient (Wildman–Crippen LogP) is 3.42. The van der Waals surface area contributed by atoms with E-state index in [9.17, 15) is 9.59 Å². The molecule has 2 amide bonds. The Bertz CT molecular complexity index is 1060. The monoisotopic (exact) mass is 365 g/mol. The molecule has 0 atom stereocenters. The van der Waals surface area contributed by atoms with Gasteiger partial charge in [-0.05, 0) is 41.6 Å². The van der Waals surface area contributed by atoms with Gasteiger partial charge in [0, 0.05) is 5.56 Å². The summed E-state index contributed by atoms with van der Waals surface area (Å²) in [5.41, 5.74) is 3.70. The van der Waals surface area contributed by atoms with E-state index in [0.29, 0.717) is 11.4 Å². The second kappa shape index (κ2) is 6.68. The minimum atomic E-state index is -0.359. The van der Waals surface area contributed by atoms with Crippen LogP contribution in [0.5, 0.6) is 5.75 Å². The molecule has 2 aromatic carbocycles. The van der Waals surface area contributed by atoms with Crippen LogP contribution in [0.3, 0.4) is 0 Å². The van der Waals surface area contributed by atoms with Crippen LogP contribution in [0.25, 0.3) is 17.1 Å². The first-order chi connectivity index (χ1) is 12.6. The highest BCUT2D eigenvalue weighted by Gasteiger charge is 2.24. The van der Waals surface area contributed by atoms with Crippen molar-refractivity contribution in [2.75, 3.05) is 7.11 Å². The zero-order chi connectivity index (χ0) is 18.1. The number of para-hydroxylation sites is 1. The van der Waals surface area contributed by atoms with Gasteiger partial charge in [-0.15, -0.1) is 0 Å². The number of amides is 2. The normalized spacial score (nSPS) is 15.7. The average Bonchev–Trinajstić information content (AvgIpc) is 3.18. The Morgan fingerprint density at radius 2 is 2.08 bits per heavy atom. The standard InChI is InChI=1S/C19H15N3O3S/c1-25-16-5-3-2-4-13(16)10-22-11-20-14-7-6-12(8-15(14)22)9-17-18(23)21-19(24)26-17/h2-9,11H,10H2,1H3,(H,21,23,24). The number of nitrogens with zero attached hydrogens (tertiary/aromatic N) is 2. The molecule has 0 unspecified atom stereocenters. The molecule has 0 radical (unpaired) electrons. The number of imidazole rings is 1. The smallest absolute Gasteiger partial charge is 0.290 e. The quantitative estimate of drug-likeness (QED) is 0.717. The van der Waals surface area contributed by atoms with Crippen LogP contribution in [0, 0.1) is 0 Å². The number of nitrogens with one attached hydrogen (secondary N) is 1. The Kier molecular flexibility index (Phi) is 4.22. The molecule has 1 N–H and O–H groups in total. The lowest BCUT2D eigenvalue weighted by atomic mass is 10.1. The average molecular weight is 365 g/mol. The number of methoxy groups -OCH3 is 1. The summed E-state index contributed by atoms with van der Waals surface area (Å²) in [5, 5.41) is 1.92. The number of rotatable bonds is 4. The van der Waals surface area contributed by atoms with Crippen LogP contribution in [-0.4, -0.2) is 27.8 Å². The molecule has 1 aliphatic rings. The van der Waals surface area contributed by atoms with Gasteiger partial charge in [0.25, 0.3) is 11.1 Å². The lowest BCUT2D eigenvalue weighted by Crippen LogP contribution is -2.17. The number of ether oxygens (including phenoxy) is 1. The first kappa shape index (κ1) is 16.4. The van der Waals surface area contributed by atoms with E-state index in [1.807, 2.05) is 47.0 Å². The zero-order valence-corrected chi connectivity index (χ0v) is 14.7. The largest absolute Gasteiger partial charge is 0.496 e. The highest BCUT2D eigenvalue weighted by molar-refractivity contribution is 8.18. The van der Waals surface area contributed by atoms with E-state index in [2.05, 4.69) is 10.3 Å². The molecule has 3 aromatic rings. The lowest BCUT2D eigenvalue weighted by Gasteiger charge is -2.09. The zero-order valence-electron chi connectivity index (χ0n) is 13.9. The third-order valence-electron chi connectivity index (χ3n) is 4.12. The molecule has 0 aliphatic carbocycles. The molecule has 130 valence electrons. The number of carbonyl (C=O) groups excluding carboxylic acids is 2. The van der Waals surface area contributed by atoms with E-state index < -0.39 is 0 Å². The molecule has 1 aliphatic heterocycles. The van der Waals surface area contributed by atoms with E-state index in [1.54, 1.807) is 19.5 Å². The first-order valence-corrected chi connectivity index (χ1v) is 8.77. The number of thioether (sulfide) groups is 1. The van der Waals surface area contributed by atoms with E-state index in [1.165, 1.54) is 0 Å². The minimum Gasteiger partial charge on any atom is -0.496 e. The van der Waals surface area contributed by atoms with Gasteiger partial charge >= 0.3 is 0 Å². The van der Waals surface area contributed by atoms with Crippen LogP contribution in [0.2, 0.25) is 0 Å². The van der Waals surface area contributed by atoms with Crippen molar-refractivity contribution in [2.45, 2.75) is 6.54 Å². The molecule has 1 saturated heterocycles. The van der Waals surface area contributed by atoms with Crippen LogP contribution in [0.1, 0.15) is 11.1 Å². The van der Waals surface area contributed by atoms with Gasteiger partial charge in [0.05, 0.1) is 35.9 Å². The maximum absolute atomic E-state index is 11.7. The molecular weight excluding hydrogens is 350 g/mol. The van der Waals surface area contributed by atoms with Gasteiger partial charge < -0.3 is 9.30 Å². The van der Waals surface area contributed by atoms with Crippen LogP contribution in [-0.2, 0) is 11.3 Å². The van der Waals surface area contributed by atoms with E-state index in [-0.39, 0.29) is 11.1 Å². The molecule has 1 aromatic heterocycles. The third kappa shape index (κ3) is 3.09. The highest BCUT2D eigenvalue weighted by Crippen LogP contribution is 2.27. The number of imide groups is 1. The Labute approximate surface area is 153 Å². The van der Waals surface area contributed by atoms with Gasteiger partial charge in [-0.1, -0.05) is 24.3 Å². The molecule has 26 heavy (non-hydrogen) atoms. The van der Waals surface area contributed by atoms with Gasteiger partial charge in [0.15, 0.2) is 0 Å². The number of carbonyl (C=O) groups is 2. The summed E-state index contributed by atoms with van der Waals surface area (Å²) in [7, 11) is 1.65. The molecule has 0 spiro atoms. The second-order valence-corrected chi connectivity index (χ2v) is 6.80. The van der Waals surface area contributed by atoms with Crippen LogP contribution in [0.15, 0.2) is 53.7 Å². The van der Waals surface area contributed by atoms with Gasteiger partial charge in [-0.2, -0.15) is 0 Å². The molecule has 7 heteroatoms. The Hall–Kier alpha value is -3.06. The maximum Gasteiger partial charge on any atom is 0.290 e. The topological polar surface area (TPSA) is 73.2 Å². The number of hydrogen-bond donors (Lipinski definition) is 1. The number of aromatic nitrogens is 2. The third-order valence-corrected chi connectivity index (χ3v) is 4.93. The van der Waals surface area contributed by atoms with Crippen molar-refractivity contribution in [3.8, 4) is 5.75 Å². The van der Waals surface area contributed by atoms with Crippen molar-refractivity contribution in [2.24, 2.45) is 0 Å². The number of benzene rings is 2. The van der Waals surface area contributed by atoms with E-state index >= 15 is 0 Å². The molecule has 2 heterocycles. The SMILES string of the molecule is COc1ccccc1Cn1cnc2ccc(C=C3SC(=O)NC3=O)cc21. The molecule has 0 saturated carbocycles. The van der Waals surface area contributed by atoms with Crippen LogP contribution in [0.4, 0.5) is 4.79 Å². The Morgan fingerprint density at radius 1 is 1.23 bits per heavy atom. The summed E-state index contributed by atoms with van der Waals surface area (Å²) in [4.78, 5) is 27.9. The van der Waals surface area contributed by atoms with Crippen LogP contribution < -0.4 is 10.1 Å². The van der Waals surface area contributed by atoms with Gasteiger partial charge in [0.1, 0.15) is 5.75 Å². The summed E-state index contributed by atoms with van der Waals surface area (Å²) >= 11 is 0.910. The Balaban J connectivity index is 1.70. The van der Waals surface area contributed by atoms with Crippen molar-refractivity contribution in [1.82, 2.24) is 14.9 Å². The maximum atomic E-state index is 11.7. The van der Waals surface area contributed by atoms with Gasteiger partial charge in [-0.3, -0.25) is 14.9 Å². The Morgan fingerprint density at radius 3 is 2.85 bits per heavy atom. The second-order valence-electron chi connectivity index (χ2n) is 5.78. The molecule has 4 rings (SSSR count). The fourth-order valence-electron chi connectivity index (χ4n) is 2.88. The van der Waals surface area contributed by atoms with Gasteiger partial charge in [-0.25, -0.2) is 4.98 Å². The lowest BCUT2D eigenvalue weighted by molar-refractivity contribution is -0.115. The fourth-order valence-corrected chi connectivity index (χ4v) is 3.56. The molecule has 0 bridgehead atoms. The number of fused-ring (bicyclic) bond motifs is 1. The van der Waals surface area contributed by atoms with Crippen LogP contribution >= 0.6 is 11.8 Å². The fraction of sp³-hybridized carbons (Fsp3) is 0.105. The summed E-state index contributed by atoms with van der Waals surface area (Å²) in [5.74, 6) is 0.466. The highest BCUT2D eigenvalue weighted by atomic mass is 32.2. The minimum absolute atomic E-state index is 0.344. The van der Waals surface area contributed by atoms with Crippen molar-refractivity contribution in [3.63, 3.8) is 0 Å².